The lowest BCUT2D eigenvalue weighted by atomic mass is 10.0. The summed E-state index contributed by atoms with van der Waals surface area (Å²) < 4.78 is 9.97. The Morgan fingerprint density at radius 1 is 1.53 bits per heavy atom. The Morgan fingerprint density at radius 3 is 2.88 bits per heavy atom. The van der Waals surface area contributed by atoms with Gasteiger partial charge in [-0.2, -0.15) is 0 Å². The molecule has 1 aliphatic heterocycles. The lowest BCUT2D eigenvalue weighted by Crippen LogP contribution is -2.51. The van der Waals surface area contributed by atoms with Crippen LogP contribution < -0.4 is 10.6 Å². The van der Waals surface area contributed by atoms with E-state index in [-0.39, 0.29) is 31.3 Å². The van der Waals surface area contributed by atoms with Crippen LogP contribution in [0, 0.1) is 0 Å². The highest BCUT2D eigenvalue weighted by molar-refractivity contribution is 5.74. The molecule has 98 valence electrons. The van der Waals surface area contributed by atoms with E-state index in [2.05, 4.69) is 10.6 Å². The highest BCUT2D eigenvalue weighted by Gasteiger charge is 2.30. The van der Waals surface area contributed by atoms with E-state index in [1.165, 1.54) is 0 Å². The van der Waals surface area contributed by atoms with E-state index < -0.39 is 5.97 Å². The number of carboxylic acids is 1. The summed E-state index contributed by atoms with van der Waals surface area (Å²) in [5.74, 6) is -1.02. The van der Waals surface area contributed by atoms with Crippen LogP contribution in [0.5, 0.6) is 0 Å². The first kappa shape index (κ1) is 13.7. The van der Waals surface area contributed by atoms with Gasteiger partial charge < -0.3 is 25.2 Å². The van der Waals surface area contributed by atoms with Crippen LogP contribution in [-0.2, 0) is 14.3 Å². The molecule has 0 aromatic carbocycles. The zero-order valence-electron chi connectivity index (χ0n) is 9.82. The summed E-state index contributed by atoms with van der Waals surface area (Å²) in [6, 6.07) is -0.295. The zero-order valence-corrected chi connectivity index (χ0v) is 9.82. The van der Waals surface area contributed by atoms with Crippen LogP contribution in [-0.4, -0.2) is 55.6 Å². The van der Waals surface area contributed by atoms with Crippen molar-refractivity contribution >= 4 is 12.0 Å². The van der Waals surface area contributed by atoms with Gasteiger partial charge in [0.1, 0.15) is 6.61 Å². The number of ether oxygens (including phenoxy) is 2. The van der Waals surface area contributed by atoms with Crippen molar-refractivity contribution in [3.05, 3.63) is 0 Å². The van der Waals surface area contributed by atoms with Gasteiger partial charge in [0.15, 0.2) is 0 Å². The predicted octanol–water partition coefficient (Wildman–Crippen LogP) is -0.434. The van der Waals surface area contributed by atoms with Crippen molar-refractivity contribution in [1.82, 2.24) is 10.6 Å². The monoisotopic (exact) mass is 246 g/mol. The summed E-state index contributed by atoms with van der Waals surface area (Å²) in [4.78, 5) is 21.6. The third kappa shape index (κ3) is 5.50. The molecule has 2 amide bonds. The highest BCUT2D eigenvalue weighted by atomic mass is 16.5. The van der Waals surface area contributed by atoms with Crippen molar-refractivity contribution in [2.75, 3.05) is 33.0 Å². The maximum Gasteiger partial charge on any atom is 0.329 e. The molecule has 0 saturated carbocycles. The van der Waals surface area contributed by atoms with Gasteiger partial charge in [-0.3, -0.25) is 0 Å². The van der Waals surface area contributed by atoms with E-state index in [0.717, 1.165) is 6.42 Å². The Balaban J connectivity index is 2.07. The van der Waals surface area contributed by atoms with Gasteiger partial charge in [-0.25, -0.2) is 9.59 Å². The minimum absolute atomic E-state index is 0.174. The average molecular weight is 246 g/mol. The molecule has 1 fully saturated rings. The van der Waals surface area contributed by atoms with E-state index in [1.807, 2.05) is 6.92 Å². The largest absolute Gasteiger partial charge is 0.480 e. The molecular weight excluding hydrogens is 228 g/mol. The van der Waals surface area contributed by atoms with E-state index >= 15 is 0 Å². The smallest absolute Gasteiger partial charge is 0.329 e. The molecule has 1 heterocycles. The molecule has 1 unspecified atom stereocenters. The van der Waals surface area contributed by atoms with Gasteiger partial charge in [0.25, 0.3) is 0 Å². The van der Waals surface area contributed by atoms with Crippen LogP contribution in [0.1, 0.15) is 13.3 Å². The minimum Gasteiger partial charge on any atom is -0.480 e. The first-order valence-corrected chi connectivity index (χ1v) is 5.45. The molecule has 17 heavy (non-hydrogen) atoms. The quantitative estimate of drug-likeness (QED) is 0.552. The number of hydrogen-bond acceptors (Lipinski definition) is 4. The van der Waals surface area contributed by atoms with Crippen LogP contribution in [0.2, 0.25) is 0 Å². The third-order valence-electron chi connectivity index (χ3n) is 2.39. The first-order chi connectivity index (χ1) is 8.02. The van der Waals surface area contributed by atoms with Crippen molar-refractivity contribution in [2.24, 2.45) is 0 Å². The van der Waals surface area contributed by atoms with E-state index in [9.17, 15) is 9.59 Å². The summed E-state index contributed by atoms with van der Waals surface area (Å²) >= 11 is 0. The topological polar surface area (TPSA) is 96.9 Å². The molecule has 1 saturated heterocycles. The molecule has 1 rings (SSSR count). The maximum absolute atomic E-state index is 11.5. The van der Waals surface area contributed by atoms with Crippen molar-refractivity contribution in [3.8, 4) is 0 Å². The Morgan fingerprint density at radius 2 is 2.29 bits per heavy atom. The molecule has 0 aromatic rings. The second-order valence-corrected chi connectivity index (χ2v) is 4.19. The van der Waals surface area contributed by atoms with E-state index in [1.54, 1.807) is 0 Å². The summed E-state index contributed by atoms with van der Waals surface area (Å²) in [5.41, 5.74) is -0.313. The van der Waals surface area contributed by atoms with Gasteiger partial charge in [-0.1, -0.05) is 0 Å². The van der Waals surface area contributed by atoms with Gasteiger partial charge >= 0.3 is 12.0 Å². The molecule has 0 spiro atoms. The number of carbonyl (C=O) groups is 2. The van der Waals surface area contributed by atoms with Gasteiger partial charge in [0, 0.05) is 13.2 Å². The second kappa shape index (κ2) is 6.41. The molecule has 0 aliphatic carbocycles. The molecular formula is C10H18N2O5. The van der Waals surface area contributed by atoms with E-state index in [0.29, 0.717) is 13.2 Å². The number of nitrogens with one attached hydrogen (secondary N) is 2. The predicted molar refractivity (Wildman–Crippen MR) is 58.8 cm³/mol. The van der Waals surface area contributed by atoms with Crippen LogP contribution in [0.25, 0.3) is 0 Å². The Kier molecular flexibility index (Phi) is 5.17. The fourth-order valence-corrected chi connectivity index (χ4v) is 1.48. The minimum atomic E-state index is -1.02. The SMILES string of the molecule is CC1(NC(=O)NCCOCC(=O)O)CCOC1. The van der Waals surface area contributed by atoms with E-state index in [4.69, 9.17) is 14.6 Å². The molecule has 0 aromatic heterocycles. The number of aliphatic carboxylic acids is 1. The Labute approximate surface area is 99.5 Å². The second-order valence-electron chi connectivity index (χ2n) is 4.19. The normalized spacial score (nSPS) is 23.4. The van der Waals surface area contributed by atoms with Gasteiger partial charge in [0.05, 0.1) is 18.8 Å². The highest BCUT2D eigenvalue weighted by Crippen LogP contribution is 2.16. The molecule has 7 heteroatoms. The number of carbonyl (C=O) groups excluding carboxylic acids is 1. The van der Waals surface area contributed by atoms with Gasteiger partial charge in [0.2, 0.25) is 0 Å². The number of urea groups is 1. The molecule has 0 radical (unpaired) electrons. The zero-order chi connectivity index (χ0) is 12.7. The third-order valence-corrected chi connectivity index (χ3v) is 2.39. The Hall–Kier alpha value is -1.34. The summed E-state index contributed by atoms with van der Waals surface area (Å²) in [6.07, 6.45) is 0.788. The summed E-state index contributed by atoms with van der Waals surface area (Å²) in [7, 11) is 0. The number of carboxylic acid groups (broad SMARTS) is 1. The Bertz CT molecular complexity index is 276. The summed E-state index contributed by atoms with van der Waals surface area (Å²) in [5, 5.41) is 13.7. The van der Waals surface area contributed by atoms with Crippen molar-refractivity contribution < 1.29 is 24.2 Å². The average Bonchev–Trinajstić information content (AvgIpc) is 2.63. The van der Waals surface area contributed by atoms with Crippen molar-refractivity contribution in [2.45, 2.75) is 18.9 Å². The van der Waals surface area contributed by atoms with Crippen LogP contribution >= 0.6 is 0 Å². The molecule has 1 atom stereocenters. The van der Waals surface area contributed by atoms with Crippen molar-refractivity contribution in [3.63, 3.8) is 0 Å². The van der Waals surface area contributed by atoms with Gasteiger partial charge in [-0.05, 0) is 13.3 Å². The van der Waals surface area contributed by atoms with Crippen LogP contribution in [0.15, 0.2) is 0 Å². The first-order valence-electron chi connectivity index (χ1n) is 5.45. The standard InChI is InChI=1S/C10H18N2O5/c1-10(2-4-17-7-10)12-9(15)11-3-5-16-6-8(13)14/h2-7H2,1H3,(H,13,14)(H2,11,12,15). The molecule has 7 nitrogen and oxygen atoms in total. The molecule has 1 aliphatic rings. The fraction of sp³-hybridized carbons (Fsp3) is 0.800. The van der Waals surface area contributed by atoms with Crippen molar-refractivity contribution in [1.29, 1.82) is 0 Å². The number of hydrogen-bond donors (Lipinski definition) is 3. The fourth-order valence-electron chi connectivity index (χ4n) is 1.48. The number of amides is 2. The molecule has 3 N–H and O–H groups in total. The lowest BCUT2D eigenvalue weighted by Gasteiger charge is -2.23. The van der Waals surface area contributed by atoms with Crippen LogP contribution in [0.3, 0.4) is 0 Å². The summed E-state index contributed by atoms with van der Waals surface area (Å²) in [6.45, 7) is 3.17. The number of rotatable bonds is 6. The maximum atomic E-state index is 11.5. The van der Waals surface area contributed by atoms with Gasteiger partial charge in [-0.15, -0.1) is 0 Å². The van der Waals surface area contributed by atoms with Crippen LogP contribution in [0.4, 0.5) is 4.79 Å². The lowest BCUT2D eigenvalue weighted by molar-refractivity contribution is -0.142. The molecule has 0 bridgehead atoms.